The fourth-order valence-corrected chi connectivity index (χ4v) is 7.20. The molecule has 4 saturated carbocycles. The lowest BCUT2D eigenvalue weighted by molar-refractivity contribution is -0.158. The average Bonchev–Trinajstić information content (AvgIpc) is 2.49. The summed E-state index contributed by atoms with van der Waals surface area (Å²) in [6.45, 7) is 4.81. The van der Waals surface area contributed by atoms with Crippen molar-refractivity contribution in [1.29, 1.82) is 0 Å². The zero-order chi connectivity index (χ0) is 15.5. The maximum absolute atomic E-state index is 12.6. The van der Waals surface area contributed by atoms with Crippen LogP contribution >= 0.6 is 0 Å². The van der Waals surface area contributed by atoms with Crippen LogP contribution in [0.2, 0.25) is 0 Å². The first kappa shape index (κ1) is 15.2. The normalized spacial score (nSPS) is 55.0. The minimum atomic E-state index is -0.0558. The van der Waals surface area contributed by atoms with E-state index < -0.39 is 0 Å². The molecule has 4 aliphatic rings. The van der Waals surface area contributed by atoms with Crippen molar-refractivity contribution in [3.63, 3.8) is 0 Å². The van der Waals surface area contributed by atoms with E-state index in [1.165, 1.54) is 32.1 Å². The largest absolute Gasteiger partial charge is 0.393 e. The number of rotatable bonds is 0. The monoisotopic (exact) mass is 304 g/mol. The van der Waals surface area contributed by atoms with E-state index in [0.29, 0.717) is 17.1 Å². The van der Waals surface area contributed by atoms with Crippen LogP contribution in [-0.2, 0) is 4.79 Å². The van der Waals surface area contributed by atoms with Crippen molar-refractivity contribution in [2.24, 2.45) is 34.5 Å². The van der Waals surface area contributed by atoms with Crippen LogP contribution in [0.15, 0.2) is 0 Å². The highest BCUT2D eigenvalue weighted by molar-refractivity contribution is 5.85. The Hall–Kier alpha value is -0.370. The summed E-state index contributed by atoms with van der Waals surface area (Å²) < 4.78 is 0. The third-order valence-electron chi connectivity index (χ3n) is 8.58. The number of carbonyl (C=O) groups is 1. The highest BCUT2D eigenvalue weighted by atomic mass is 16.3. The molecule has 0 aromatic carbocycles. The highest BCUT2D eigenvalue weighted by Crippen LogP contribution is 2.64. The van der Waals surface area contributed by atoms with Crippen LogP contribution in [0.5, 0.6) is 0 Å². The molecular formula is C20H32O2. The van der Waals surface area contributed by atoms with Crippen LogP contribution in [0.25, 0.3) is 0 Å². The highest BCUT2D eigenvalue weighted by Gasteiger charge is 2.58. The number of Topliss-reactive ketones (excluding diaryl/α,β-unsaturated/α-hetero) is 1. The van der Waals surface area contributed by atoms with Gasteiger partial charge in [0, 0.05) is 11.8 Å². The fraction of sp³-hybridized carbons (Fsp3) is 0.950. The second kappa shape index (κ2) is 5.06. The van der Waals surface area contributed by atoms with Gasteiger partial charge in [0.1, 0.15) is 5.78 Å². The Labute approximate surface area is 135 Å². The second-order valence-electron chi connectivity index (χ2n) is 9.36. The van der Waals surface area contributed by atoms with E-state index in [2.05, 4.69) is 13.8 Å². The quantitative estimate of drug-likeness (QED) is 0.722. The van der Waals surface area contributed by atoms with Gasteiger partial charge in [-0.3, -0.25) is 4.79 Å². The SMILES string of the molecule is C[C@]12CC[C@@H](O)C[C@@H]1CC[C@H]1[C@H]2CC[C@]2(C)C(=O)CCC[C@@H]12. The van der Waals surface area contributed by atoms with Gasteiger partial charge in [0.15, 0.2) is 0 Å². The van der Waals surface area contributed by atoms with Crippen LogP contribution in [0.3, 0.4) is 0 Å². The lowest BCUT2D eigenvalue weighted by Crippen LogP contribution is -2.56. The van der Waals surface area contributed by atoms with Crippen molar-refractivity contribution in [2.45, 2.75) is 84.2 Å². The summed E-state index contributed by atoms with van der Waals surface area (Å²) in [6, 6.07) is 0. The lowest BCUT2D eigenvalue weighted by Gasteiger charge is -2.61. The second-order valence-corrected chi connectivity index (χ2v) is 9.36. The number of aliphatic hydroxyl groups is 1. The van der Waals surface area contributed by atoms with Crippen molar-refractivity contribution in [3.05, 3.63) is 0 Å². The Morgan fingerprint density at radius 3 is 2.64 bits per heavy atom. The summed E-state index contributed by atoms with van der Waals surface area (Å²) in [5.41, 5.74) is 0.431. The summed E-state index contributed by atoms with van der Waals surface area (Å²) in [5.74, 6) is 3.52. The predicted octanol–water partition coefficient (Wildman–Crippen LogP) is 4.35. The first-order valence-corrected chi connectivity index (χ1v) is 9.66. The maximum atomic E-state index is 12.6. The molecule has 7 atom stereocenters. The van der Waals surface area contributed by atoms with Gasteiger partial charge in [-0.1, -0.05) is 13.8 Å². The van der Waals surface area contributed by atoms with E-state index in [0.717, 1.165) is 49.9 Å². The average molecular weight is 304 g/mol. The predicted molar refractivity (Wildman–Crippen MR) is 87.4 cm³/mol. The zero-order valence-electron chi connectivity index (χ0n) is 14.3. The summed E-state index contributed by atoms with van der Waals surface area (Å²) in [5, 5.41) is 10.1. The van der Waals surface area contributed by atoms with Gasteiger partial charge in [0.05, 0.1) is 6.10 Å². The molecule has 4 fully saturated rings. The maximum Gasteiger partial charge on any atom is 0.139 e. The van der Waals surface area contributed by atoms with Gasteiger partial charge in [-0.2, -0.15) is 0 Å². The topological polar surface area (TPSA) is 37.3 Å². The van der Waals surface area contributed by atoms with Crippen LogP contribution in [0.4, 0.5) is 0 Å². The summed E-state index contributed by atoms with van der Waals surface area (Å²) in [4.78, 5) is 12.6. The van der Waals surface area contributed by atoms with Crippen LogP contribution < -0.4 is 0 Å². The summed E-state index contributed by atoms with van der Waals surface area (Å²) in [6.07, 6.45) is 11.4. The number of fused-ring (bicyclic) bond motifs is 5. The number of ketones is 1. The van der Waals surface area contributed by atoms with Crippen molar-refractivity contribution < 1.29 is 9.90 Å². The Kier molecular flexibility index (Phi) is 3.49. The standard InChI is InChI=1S/C20H32O2/c1-19-10-8-14(21)12-13(19)6-7-15-16-4-3-5-18(22)20(16,2)11-9-17(15)19/h13-17,21H,3-12H2,1-2H3/t13-,14+,15+,16-,17+,19-,20-/m0/s1. The molecule has 1 N–H and O–H groups in total. The molecule has 0 heterocycles. The molecule has 4 rings (SSSR count). The van der Waals surface area contributed by atoms with Gasteiger partial charge in [-0.15, -0.1) is 0 Å². The molecule has 0 saturated heterocycles. The molecule has 0 aliphatic heterocycles. The molecule has 0 radical (unpaired) electrons. The van der Waals surface area contributed by atoms with E-state index in [1.807, 2.05) is 0 Å². The van der Waals surface area contributed by atoms with Gasteiger partial charge in [0.25, 0.3) is 0 Å². The molecule has 0 amide bonds. The lowest BCUT2D eigenvalue weighted by atomic mass is 9.43. The first-order valence-electron chi connectivity index (χ1n) is 9.66. The van der Waals surface area contributed by atoms with Crippen LogP contribution in [-0.4, -0.2) is 17.0 Å². The third kappa shape index (κ3) is 1.98. The van der Waals surface area contributed by atoms with Gasteiger partial charge >= 0.3 is 0 Å². The fourth-order valence-electron chi connectivity index (χ4n) is 7.20. The van der Waals surface area contributed by atoms with Crippen molar-refractivity contribution in [1.82, 2.24) is 0 Å². The number of aliphatic hydroxyl groups excluding tert-OH is 1. The summed E-state index contributed by atoms with van der Waals surface area (Å²) in [7, 11) is 0. The Balaban J connectivity index is 1.63. The molecule has 0 aromatic heterocycles. The molecule has 22 heavy (non-hydrogen) atoms. The molecule has 0 bridgehead atoms. The minimum absolute atomic E-state index is 0.00318. The minimum Gasteiger partial charge on any atom is -0.393 e. The van der Waals surface area contributed by atoms with E-state index >= 15 is 0 Å². The number of carbonyl (C=O) groups excluding carboxylic acids is 1. The van der Waals surface area contributed by atoms with E-state index in [1.54, 1.807) is 0 Å². The Morgan fingerprint density at radius 1 is 1.00 bits per heavy atom. The Morgan fingerprint density at radius 2 is 1.82 bits per heavy atom. The summed E-state index contributed by atoms with van der Waals surface area (Å²) >= 11 is 0. The molecule has 0 unspecified atom stereocenters. The third-order valence-corrected chi connectivity index (χ3v) is 8.58. The van der Waals surface area contributed by atoms with Gasteiger partial charge in [-0.05, 0) is 86.9 Å². The van der Waals surface area contributed by atoms with Crippen molar-refractivity contribution in [3.8, 4) is 0 Å². The van der Waals surface area contributed by atoms with E-state index in [4.69, 9.17) is 0 Å². The molecule has 0 spiro atoms. The molecule has 2 nitrogen and oxygen atoms in total. The molecule has 0 aromatic rings. The number of hydrogen-bond donors (Lipinski definition) is 1. The van der Waals surface area contributed by atoms with Gasteiger partial charge in [-0.25, -0.2) is 0 Å². The van der Waals surface area contributed by atoms with Gasteiger partial charge < -0.3 is 5.11 Å². The number of hydrogen-bond acceptors (Lipinski definition) is 2. The van der Waals surface area contributed by atoms with E-state index in [-0.39, 0.29) is 11.5 Å². The van der Waals surface area contributed by atoms with Crippen LogP contribution in [0, 0.1) is 34.5 Å². The molecule has 4 aliphatic carbocycles. The van der Waals surface area contributed by atoms with Gasteiger partial charge in [0.2, 0.25) is 0 Å². The molecular weight excluding hydrogens is 272 g/mol. The molecule has 2 heteroatoms. The van der Waals surface area contributed by atoms with Crippen LogP contribution in [0.1, 0.15) is 78.1 Å². The Bertz CT molecular complexity index is 472. The molecule has 124 valence electrons. The smallest absolute Gasteiger partial charge is 0.139 e. The first-order chi connectivity index (χ1) is 10.4. The van der Waals surface area contributed by atoms with Crippen molar-refractivity contribution >= 4 is 5.78 Å². The van der Waals surface area contributed by atoms with E-state index in [9.17, 15) is 9.90 Å². The zero-order valence-corrected chi connectivity index (χ0v) is 14.3. The van der Waals surface area contributed by atoms with Crippen molar-refractivity contribution in [2.75, 3.05) is 0 Å².